The zero-order valence-electron chi connectivity index (χ0n) is 9.38. The summed E-state index contributed by atoms with van der Waals surface area (Å²) in [6.07, 6.45) is 4.01. The lowest BCUT2D eigenvalue weighted by Gasteiger charge is -2.06. The van der Waals surface area contributed by atoms with Gasteiger partial charge in [0.25, 0.3) is 0 Å². The van der Waals surface area contributed by atoms with Crippen LogP contribution in [-0.4, -0.2) is 0 Å². The van der Waals surface area contributed by atoms with E-state index in [4.69, 9.17) is 17.3 Å². The fraction of sp³-hybridized carbons (Fsp3) is 0.0667. The maximum atomic E-state index is 6.06. The predicted molar refractivity (Wildman–Crippen MR) is 73.9 cm³/mol. The number of nitrogens with two attached hydrogens (primary N) is 1. The SMILES string of the molecule is NC(/C=C/c1ccccc1)c1ccc(Cl)cc1. The molecule has 0 saturated heterocycles. The maximum Gasteiger partial charge on any atom is 0.0484 e. The molecule has 1 nitrogen and oxygen atoms in total. The Kier molecular flexibility index (Phi) is 3.97. The minimum absolute atomic E-state index is 0.104. The summed E-state index contributed by atoms with van der Waals surface area (Å²) in [5.41, 5.74) is 8.27. The van der Waals surface area contributed by atoms with Crippen molar-refractivity contribution in [2.75, 3.05) is 0 Å². The first-order valence-corrected chi connectivity index (χ1v) is 5.88. The van der Waals surface area contributed by atoms with Crippen molar-refractivity contribution >= 4 is 17.7 Å². The lowest BCUT2D eigenvalue weighted by atomic mass is 10.1. The number of benzene rings is 2. The molecule has 0 radical (unpaired) electrons. The lowest BCUT2D eigenvalue weighted by molar-refractivity contribution is 0.916. The van der Waals surface area contributed by atoms with Crippen LogP contribution in [0.3, 0.4) is 0 Å². The van der Waals surface area contributed by atoms with Gasteiger partial charge in [-0.1, -0.05) is 66.2 Å². The Bertz CT molecular complexity index is 488. The molecule has 0 aliphatic heterocycles. The highest BCUT2D eigenvalue weighted by molar-refractivity contribution is 6.30. The van der Waals surface area contributed by atoms with Gasteiger partial charge in [0.05, 0.1) is 0 Å². The molecule has 2 heteroatoms. The summed E-state index contributed by atoms with van der Waals surface area (Å²) < 4.78 is 0. The fourth-order valence-electron chi connectivity index (χ4n) is 1.58. The van der Waals surface area contributed by atoms with Crippen molar-refractivity contribution in [3.63, 3.8) is 0 Å². The van der Waals surface area contributed by atoms with Gasteiger partial charge in [-0.2, -0.15) is 0 Å². The van der Waals surface area contributed by atoms with Crippen molar-refractivity contribution in [1.82, 2.24) is 0 Å². The molecule has 0 bridgehead atoms. The average molecular weight is 244 g/mol. The summed E-state index contributed by atoms with van der Waals surface area (Å²) in [5, 5.41) is 0.730. The molecule has 2 aromatic carbocycles. The van der Waals surface area contributed by atoms with Crippen LogP contribution in [0.1, 0.15) is 17.2 Å². The lowest BCUT2D eigenvalue weighted by Crippen LogP contribution is -2.06. The molecule has 2 aromatic rings. The van der Waals surface area contributed by atoms with E-state index < -0.39 is 0 Å². The Balaban J connectivity index is 2.09. The van der Waals surface area contributed by atoms with Crippen LogP contribution < -0.4 is 5.73 Å². The van der Waals surface area contributed by atoms with Crippen LogP contribution >= 0.6 is 11.6 Å². The van der Waals surface area contributed by atoms with Gasteiger partial charge in [0.1, 0.15) is 0 Å². The fourth-order valence-corrected chi connectivity index (χ4v) is 1.70. The van der Waals surface area contributed by atoms with E-state index in [1.165, 1.54) is 0 Å². The quantitative estimate of drug-likeness (QED) is 0.865. The molecular weight excluding hydrogens is 230 g/mol. The van der Waals surface area contributed by atoms with E-state index in [1.807, 2.05) is 66.7 Å². The largest absolute Gasteiger partial charge is 0.321 e. The van der Waals surface area contributed by atoms with Crippen LogP contribution in [0.25, 0.3) is 6.08 Å². The monoisotopic (exact) mass is 243 g/mol. The highest BCUT2D eigenvalue weighted by atomic mass is 35.5. The van der Waals surface area contributed by atoms with Crippen LogP contribution in [0.2, 0.25) is 5.02 Å². The Hall–Kier alpha value is -1.57. The first-order valence-electron chi connectivity index (χ1n) is 5.50. The highest BCUT2D eigenvalue weighted by Gasteiger charge is 2.00. The second kappa shape index (κ2) is 5.67. The van der Waals surface area contributed by atoms with Crippen molar-refractivity contribution in [2.45, 2.75) is 6.04 Å². The second-order valence-electron chi connectivity index (χ2n) is 3.85. The smallest absolute Gasteiger partial charge is 0.0484 e. The third-order valence-corrected chi connectivity index (χ3v) is 2.80. The van der Waals surface area contributed by atoms with E-state index in [-0.39, 0.29) is 6.04 Å². The molecule has 0 aromatic heterocycles. The maximum absolute atomic E-state index is 6.06. The molecule has 2 rings (SSSR count). The first-order chi connectivity index (χ1) is 8.25. The molecular formula is C15H14ClN. The summed E-state index contributed by atoms with van der Waals surface area (Å²) in [5.74, 6) is 0. The van der Waals surface area contributed by atoms with Crippen LogP contribution in [0, 0.1) is 0 Å². The molecule has 0 aliphatic rings. The van der Waals surface area contributed by atoms with E-state index in [2.05, 4.69) is 0 Å². The summed E-state index contributed by atoms with van der Waals surface area (Å²) in [4.78, 5) is 0. The van der Waals surface area contributed by atoms with Gasteiger partial charge in [-0.05, 0) is 23.3 Å². The van der Waals surface area contributed by atoms with E-state index in [0.29, 0.717) is 0 Å². The summed E-state index contributed by atoms with van der Waals surface area (Å²) in [6.45, 7) is 0. The first kappa shape index (κ1) is 11.9. The third kappa shape index (κ3) is 3.45. The topological polar surface area (TPSA) is 26.0 Å². The average Bonchev–Trinajstić information content (AvgIpc) is 2.38. The van der Waals surface area contributed by atoms with Gasteiger partial charge in [0.15, 0.2) is 0 Å². The number of halogens is 1. The predicted octanol–water partition coefficient (Wildman–Crippen LogP) is 4.05. The van der Waals surface area contributed by atoms with Crippen LogP contribution in [0.4, 0.5) is 0 Å². The van der Waals surface area contributed by atoms with Gasteiger partial charge >= 0.3 is 0 Å². The molecule has 0 fully saturated rings. The third-order valence-electron chi connectivity index (χ3n) is 2.55. The van der Waals surface area contributed by atoms with E-state index in [0.717, 1.165) is 16.1 Å². The van der Waals surface area contributed by atoms with Crippen molar-refractivity contribution in [2.24, 2.45) is 5.73 Å². The number of hydrogen-bond acceptors (Lipinski definition) is 1. The van der Waals surface area contributed by atoms with Gasteiger partial charge in [0, 0.05) is 11.1 Å². The summed E-state index contributed by atoms with van der Waals surface area (Å²) >= 11 is 5.83. The molecule has 86 valence electrons. The Morgan fingerprint density at radius 3 is 2.24 bits per heavy atom. The molecule has 17 heavy (non-hydrogen) atoms. The number of hydrogen-bond donors (Lipinski definition) is 1. The van der Waals surface area contributed by atoms with Gasteiger partial charge < -0.3 is 5.73 Å². The number of rotatable bonds is 3. The Morgan fingerprint density at radius 1 is 0.941 bits per heavy atom. The van der Waals surface area contributed by atoms with Crippen molar-refractivity contribution in [1.29, 1.82) is 0 Å². The molecule has 0 saturated carbocycles. The minimum atomic E-state index is -0.104. The van der Waals surface area contributed by atoms with Gasteiger partial charge in [-0.25, -0.2) is 0 Å². The Labute approximate surface area is 107 Å². The van der Waals surface area contributed by atoms with Crippen molar-refractivity contribution in [3.05, 3.63) is 76.8 Å². The molecule has 0 heterocycles. The molecule has 0 spiro atoms. The Morgan fingerprint density at radius 2 is 1.59 bits per heavy atom. The zero-order chi connectivity index (χ0) is 12.1. The van der Waals surface area contributed by atoms with Crippen LogP contribution in [0.15, 0.2) is 60.7 Å². The minimum Gasteiger partial charge on any atom is -0.321 e. The highest BCUT2D eigenvalue weighted by Crippen LogP contribution is 2.16. The zero-order valence-corrected chi connectivity index (χ0v) is 10.1. The standard InChI is InChI=1S/C15H14ClN/c16-14-9-7-13(8-10-14)15(17)11-6-12-4-2-1-3-5-12/h1-11,15H,17H2/b11-6+. The molecule has 1 unspecified atom stereocenters. The molecule has 2 N–H and O–H groups in total. The van der Waals surface area contributed by atoms with E-state index in [1.54, 1.807) is 0 Å². The molecule has 1 atom stereocenters. The van der Waals surface area contributed by atoms with Gasteiger partial charge in [-0.15, -0.1) is 0 Å². The second-order valence-corrected chi connectivity index (χ2v) is 4.28. The van der Waals surface area contributed by atoms with Gasteiger partial charge in [0.2, 0.25) is 0 Å². The van der Waals surface area contributed by atoms with Crippen LogP contribution in [-0.2, 0) is 0 Å². The van der Waals surface area contributed by atoms with Crippen LogP contribution in [0.5, 0.6) is 0 Å². The van der Waals surface area contributed by atoms with Gasteiger partial charge in [-0.3, -0.25) is 0 Å². The molecule has 0 amide bonds. The summed E-state index contributed by atoms with van der Waals surface area (Å²) in [7, 11) is 0. The van der Waals surface area contributed by atoms with Crippen molar-refractivity contribution in [3.8, 4) is 0 Å². The van der Waals surface area contributed by atoms with E-state index >= 15 is 0 Å². The normalized spacial score (nSPS) is 12.8. The van der Waals surface area contributed by atoms with E-state index in [9.17, 15) is 0 Å². The van der Waals surface area contributed by atoms with Crippen molar-refractivity contribution < 1.29 is 0 Å². The molecule has 0 aliphatic carbocycles. The summed E-state index contributed by atoms with van der Waals surface area (Å²) in [6, 6.07) is 17.6.